The van der Waals surface area contributed by atoms with Gasteiger partial charge in [0.2, 0.25) is 0 Å². The molecule has 1 aliphatic rings. The number of aromatic nitrogens is 2. The van der Waals surface area contributed by atoms with Gasteiger partial charge in [-0.15, -0.1) is 11.5 Å². The van der Waals surface area contributed by atoms with Crippen molar-refractivity contribution in [3.8, 4) is 12.3 Å². The van der Waals surface area contributed by atoms with Gasteiger partial charge in [0.05, 0.1) is 6.54 Å². The Bertz CT molecular complexity index is 647. The van der Waals surface area contributed by atoms with E-state index in [9.17, 15) is 0 Å². The predicted molar refractivity (Wildman–Crippen MR) is 81.7 cm³/mol. The second-order valence-electron chi connectivity index (χ2n) is 4.86. The summed E-state index contributed by atoms with van der Waals surface area (Å²) in [5.74, 6) is 2.75. The molecule has 0 saturated heterocycles. The largest absolute Gasteiger partial charge is 0.279 e. The van der Waals surface area contributed by atoms with Crippen molar-refractivity contribution in [3.63, 3.8) is 0 Å². The maximum Gasteiger partial charge on any atom is 0.138 e. The van der Waals surface area contributed by atoms with Crippen LogP contribution in [0.15, 0.2) is 24.3 Å². The van der Waals surface area contributed by atoms with E-state index in [-0.39, 0.29) is 0 Å². The minimum atomic E-state index is 0.347. The molecule has 0 fully saturated rings. The SMILES string of the molecule is C#CCN(Cc1nnsc1Cl)C1CCc2ccccc21. The van der Waals surface area contributed by atoms with Gasteiger partial charge in [-0.25, -0.2) is 0 Å². The summed E-state index contributed by atoms with van der Waals surface area (Å²) in [6.07, 6.45) is 7.72. The maximum absolute atomic E-state index is 6.11. The number of benzene rings is 1. The number of nitrogens with zero attached hydrogens (tertiary/aromatic N) is 3. The van der Waals surface area contributed by atoms with Crippen LogP contribution in [-0.4, -0.2) is 21.0 Å². The van der Waals surface area contributed by atoms with Crippen LogP contribution >= 0.6 is 23.1 Å². The van der Waals surface area contributed by atoms with E-state index in [0.29, 0.717) is 23.5 Å². The van der Waals surface area contributed by atoms with E-state index in [4.69, 9.17) is 18.0 Å². The van der Waals surface area contributed by atoms with Gasteiger partial charge in [-0.2, -0.15) is 0 Å². The quantitative estimate of drug-likeness (QED) is 0.811. The summed E-state index contributed by atoms with van der Waals surface area (Å²) in [5, 5.41) is 4.09. The van der Waals surface area contributed by atoms with Crippen LogP contribution in [0.2, 0.25) is 4.34 Å². The monoisotopic (exact) mass is 303 g/mol. The molecule has 102 valence electrons. The fourth-order valence-corrected chi connectivity index (χ4v) is 3.40. The fraction of sp³-hybridized carbons (Fsp3) is 0.333. The van der Waals surface area contributed by atoms with E-state index in [1.54, 1.807) is 0 Å². The third-order valence-electron chi connectivity index (χ3n) is 3.70. The summed E-state index contributed by atoms with van der Waals surface area (Å²) in [5.41, 5.74) is 3.61. The highest BCUT2D eigenvalue weighted by Gasteiger charge is 2.28. The van der Waals surface area contributed by atoms with Gasteiger partial charge in [0, 0.05) is 24.1 Å². The van der Waals surface area contributed by atoms with Gasteiger partial charge in [-0.1, -0.05) is 46.3 Å². The number of hydrogen-bond acceptors (Lipinski definition) is 4. The predicted octanol–water partition coefficient (Wildman–Crippen LogP) is 3.31. The van der Waals surface area contributed by atoms with Crippen molar-refractivity contribution in [2.24, 2.45) is 0 Å². The Kier molecular flexibility index (Phi) is 4.02. The molecule has 0 N–H and O–H groups in total. The van der Waals surface area contributed by atoms with Gasteiger partial charge >= 0.3 is 0 Å². The lowest BCUT2D eigenvalue weighted by Gasteiger charge is -2.27. The first-order chi connectivity index (χ1) is 9.79. The van der Waals surface area contributed by atoms with Gasteiger partial charge in [0.1, 0.15) is 10.0 Å². The molecule has 0 radical (unpaired) electrons. The highest BCUT2D eigenvalue weighted by molar-refractivity contribution is 7.10. The minimum Gasteiger partial charge on any atom is -0.279 e. The normalized spacial score (nSPS) is 17.1. The third-order valence-corrected chi connectivity index (χ3v) is 4.68. The first-order valence-electron chi connectivity index (χ1n) is 6.51. The molecule has 1 heterocycles. The molecular formula is C15H14ClN3S. The lowest BCUT2D eigenvalue weighted by atomic mass is 10.1. The highest BCUT2D eigenvalue weighted by Crippen LogP contribution is 2.36. The van der Waals surface area contributed by atoms with Gasteiger partial charge < -0.3 is 0 Å². The third kappa shape index (κ3) is 2.57. The zero-order valence-electron chi connectivity index (χ0n) is 10.9. The van der Waals surface area contributed by atoms with Crippen LogP contribution in [0.25, 0.3) is 0 Å². The van der Waals surface area contributed by atoms with Crippen molar-refractivity contribution in [3.05, 3.63) is 45.4 Å². The topological polar surface area (TPSA) is 29.0 Å². The second kappa shape index (κ2) is 5.92. The van der Waals surface area contributed by atoms with Gasteiger partial charge in [0.15, 0.2) is 0 Å². The van der Waals surface area contributed by atoms with E-state index in [1.165, 1.54) is 22.7 Å². The van der Waals surface area contributed by atoms with Gasteiger partial charge in [0.25, 0.3) is 0 Å². The van der Waals surface area contributed by atoms with E-state index < -0.39 is 0 Å². The smallest absolute Gasteiger partial charge is 0.138 e. The summed E-state index contributed by atoms with van der Waals surface area (Å²) in [7, 11) is 0. The standard InChI is InChI=1S/C15H14ClN3S/c1-2-9-19(10-13-15(16)20-18-17-13)14-8-7-11-5-3-4-6-12(11)14/h1,3-6,14H,7-10H2. The summed E-state index contributed by atoms with van der Waals surface area (Å²) < 4.78 is 4.54. The number of rotatable bonds is 4. The Morgan fingerprint density at radius 2 is 2.30 bits per heavy atom. The van der Waals surface area contributed by atoms with Crippen molar-refractivity contribution in [2.75, 3.05) is 6.54 Å². The Hall–Kier alpha value is -1.41. The molecule has 1 aromatic carbocycles. The lowest BCUT2D eigenvalue weighted by molar-refractivity contribution is 0.211. The summed E-state index contributed by atoms with van der Waals surface area (Å²) in [4.78, 5) is 2.26. The Labute approximate surface area is 127 Å². The van der Waals surface area contributed by atoms with Crippen molar-refractivity contribution in [2.45, 2.75) is 25.4 Å². The van der Waals surface area contributed by atoms with E-state index >= 15 is 0 Å². The van der Waals surface area contributed by atoms with Crippen LogP contribution in [0.4, 0.5) is 0 Å². The molecule has 3 rings (SSSR count). The number of terminal acetylenes is 1. The van der Waals surface area contributed by atoms with Crippen LogP contribution in [0.3, 0.4) is 0 Å². The molecule has 0 amide bonds. The highest BCUT2D eigenvalue weighted by atomic mass is 35.5. The molecule has 1 aliphatic carbocycles. The Morgan fingerprint density at radius 3 is 3.05 bits per heavy atom. The molecule has 0 bridgehead atoms. The first-order valence-corrected chi connectivity index (χ1v) is 7.66. The Balaban J connectivity index is 1.85. The van der Waals surface area contributed by atoms with Gasteiger partial charge in [-0.05, 0) is 24.0 Å². The van der Waals surface area contributed by atoms with E-state index in [1.807, 2.05) is 0 Å². The molecule has 2 aromatic rings. The van der Waals surface area contributed by atoms with E-state index in [2.05, 4.69) is 44.7 Å². The summed E-state index contributed by atoms with van der Waals surface area (Å²) in [6, 6.07) is 8.91. The first kappa shape index (κ1) is 13.6. The fourth-order valence-electron chi connectivity index (χ4n) is 2.79. The molecule has 1 atom stereocenters. The second-order valence-corrected chi connectivity index (χ2v) is 6.21. The van der Waals surface area contributed by atoms with Crippen molar-refractivity contribution >= 4 is 23.1 Å². The molecule has 1 aromatic heterocycles. The average Bonchev–Trinajstić information content (AvgIpc) is 3.05. The van der Waals surface area contributed by atoms with Crippen LogP contribution < -0.4 is 0 Å². The van der Waals surface area contributed by atoms with Crippen LogP contribution in [0.5, 0.6) is 0 Å². The lowest BCUT2D eigenvalue weighted by Crippen LogP contribution is -2.27. The molecule has 0 spiro atoms. The number of fused-ring (bicyclic) bond motifs is 1. The van der Waals surface area contributed by atoms with Gasteiger partial charge in [-0.3, -0.25) is 4.90 Å². The molecule has 20 heavy (non-hydrogen) atoms. The van der Waals surface area contributed by atoms with E-state index in [0.717, 1.165) is 18.5 Å². The summed E-state index contributed by atoms with van der Waals surface area (Å²) >= 11 is 7.32. The van der Waals surface area contributed by atoms with Crippen molar-refractivity contribution in [1.82, 2.24) is 14.5 Å². The average molecular weight is 304 g/mol. The Morgan fingerprint density at radius 1 is 1.45 bits per heavy atom. The molecular weight excluding hydrogens is 290 g/mol. The van der Waals surface area contributed by atoms with Crippen molar-refractivity contribution in [1.29, 1.82) is 0 Å². The zero-order valence-corrected chi connectivity index (χ0v) is 12.5. The molecule has 0 aliphatic heterocycles. The molecule has 5 heteroatoms. The maximum atomic E-state index is 6.11. The number of hydrogen-bond donors (Lipinski definition) is 0. The summed E-state index contributed by atoms with van der Waals surface area (Å²) in [6.45, 7) is 1.24. The molecule has 3 nitrogen and oxygen atoms in total. The molecule has 0 saturated carbocycles. The van der Waals surface area contributed by atoms with Crippen LogP contribution in [0.1, 0.15) is 29.3 Å². The van der Waals surface area contributed by atoms with Crippen LogP contribution in [0, 0.1) is 12.3 Å². The zero-order chi connectivity index (χ0) is 13.9. The minimum absolute atomic E-state index is 0.347. The van der Waals surface area contributed by atoms with Crippen LogP contribution in [-0.2, 0) is 13.0 Å². The van der Waals surface area contributed by atoms with Crippen molar-refractivity contribution < 1.29 is 0 Å². The molecule has 1 unspecified atom stereocenters. The number of aryl methyl sites for hydroxylation is 1. The number of halogens is 1.